The Labute approximate surface area is 148 Å². The number of halogens is 2. The van der Waals surface area contributed by atoms with Gasteiger partial charge in [-0.15, -0.1) is 0 Å². The largest absolute Gasteiger partial charge is 0.354 e. The number of fused-ring (bicyclic) bond motifs is 1. The Balaban J connectivity index is 1.63. The fraction of sp³-hybridized carbons (Fsp3) is 0.167. The van der Waals surface area contributed by atoms with Crippen molar-refractivity contribution in [3.63, 3.8) is 0 Å². The van der Waals surface area contributed by atoms with Crippen molar-refractivity contribution in [3.8, 4) is 0 Å². The molecule has 0 spiro atoms. The summed E-state index contributed by atoms with van der Waals surface area (Å²) in [7, 11) is 0. The lowest BCUT2D eigenvalue weighted by Gasteiger charge is -2.08. The van der Waals surface area contributed by atoms with Crippen molar-refractivity contribution in [2.24, 2.45) is 0 Å². The van der Waals surface area contributed by atoms with E-state index in [9.17, 15) is 14.0 Å². The van der Waals surface area contributed by atoms with Crippen LogP contribution in [0.5, 0.6) is 0 Å². The number of benzene rings is 2. The van der Waals surface area contributed by atoms with Crippen LogP contribution in [0.2, 0.25) is 5.02 Å². The van der Waals surface area contributed by atoms with Crippen LogP contribution in [0, 0.1) is 5.82 Å². The second kappa shape index (κ2) is 7.44. The molecule has 1 heterocycles. The molecule has 0 aliphatic carbocycles. The minimum atomic E-state index is -0.318. The maximum absolute atomic E-state index is 12.8. The molecule has 0 fully saturated rings. The summed E-state index contributed by atoms with van der Waals surface area (Å²) in [6.07, 6.45) is 1.92. The Morgan fingerprint density at radius 2 is 1.96 bits per heavy atom. The monoisotopic (exact) mass is 359 g/mol. The van der Waals surface area contributed by atoms with Gasteiger partial charge in [0.15, 0.2) is 0 Å². The summed E-state index contributed by atoms with van der Waals surface area (Å²) in [4.78, 5) is 28.6. The highest BCUT2D eigenvalue weighted by molar-refractivity contribution is 6.31. The quantitative estimate of drug-likeness (QED) is 0.761. The minimum absolute atomic E-state index is 0.127. The summed E-state index contributed by atoms with van der Waals surface area (Å²) in [5, 5.41) is 3.54. The van der Waals surface area contributed by atoms with Gasteiger partial charge in [-0.3, -0.25) is 14.2 Å². The molecule has 3 aromatic rings. The molecule has 0 aliphatic rings. The predicted molar refractivity (Wildman–Crippen MR) is 94.1 cm³/mol. The van der Waals surface area contributed by atoms with Gasteiger partial charge < -0.3 is 5.32 Å². The van der Waals surface area contributed by atoms with Crippen molar-refractivity contribution in [1.82, 2.24) is 14.9 Å². The van der Waals surface area contributed by atoms with Crippen LogP contribution in [0.4, 0.5) is 4.39 Å². The molecule has 1 N–H and O–H groups in total. The number of hydrogen-bond acceptors (Lipinski definition) is 3. The van der Waals surface area contributed by atoms with Gasteiger partial charge in [-0.2, -0.15) is 0 Å². The predicted octanol–water partition coefficient (Wildman–Crippen LogP) is 2.55. The number of hydrogen-bond donors (Lipinski definition) is 1. The van der Waals surface area contributed by atoms with Crippen LogP contribution in [0.15, 0.2) is 53.6 Å². The number of aromatic nitrogens is 2. The summed E-state index contributed by atoms with van der Waals surface area (Å²) >= 11 is 5.91. The van der Waals surface area contributed by atoms with E-state index in [-0.39, 0.29) is 23.8 Å². The van der Waals surface area contributed by atoms with Crippen LogP contribution in [0.25, 0.3) is 10.9 Å². The standard InChI is InChI=1S/C18H15ClFN3O2/c19-13-3-6-16-15(9-13)18(25)23(11-22-16)10-17(24)21-8-7-12-1-4-14(20)5-2-12/h1-6,9,11H,7-8,10H2,(H,21,24). The zero-order valence-electron chi connectivity index (χ0n) is 13.2. The molecule has 1 amide bonds. The molecule has 0 unspecified atom stereocenters. The molecule has 0 aliphatic heterocycles. The van der Waals surface area contributed by atoms with E-state index in [2.05, 4.69) is 10.3 Å². The van der Waals surface area contributed by atoms with Crippen LogP contribution in [0.1, 0.15) is 5.56 Å². The van der Waals surface area contributed by atoms with Crippen molar-refractivity contribution in [1.29, 1.82) is 0 Å². The molecule has 2 aromatic carbocycles. The van der Waals surface area contributed by atoms with Crippen molar-refractivity contribution >= 4 is 28.4 Å². The van der Waals surface area contributed by atoms with E-state index in [1.807, 2.05) is 0 Å². The van der Waals surface area contributed by atoms with Crippen molar-refractivity contribution < 1.29 is 9.18 Å². The van der Waals surface area contributed by atoms with Crippen LogP contribution in [-0.4, -0.2) is 22.0 Å². The maximum Gasteiger partial charge on any atom is 0.261 e. The first-order chi connectivity index (χ1) is 12.0. The highest BCUT2D eigenvalue weighted by atomic mass is 35.5. The summed E-state index contributed by atoms with van der Waals surface area (Å²) in [6, 6.07) is 10.9. The Kier molecular flexibility index (Phi) is 5.09. The van der Waals surface area contributed by atoms with E-state index >= 15 is 0 Å². The first-order valence-electron chi connectivity index (χ1n) is 7.69. The lowest BCUT2D eigenvalue weighted by atomic mass is 10.1. The van der Waals surface area contributed by atoms with Crippen molar-refractivity contribution in [2.45, 2.75) is 13.0 Å². The minimum Gasteiger partial charge on any atom is -0.354 e. The normalized spacial score (nSPS) is 10.8. The zero-order valence-corrected chi connectivity index (χ0v) is 14.0. The maximum atomic E-state index is 12.8. The molecule has 0 bridgehead atoms. The van der Waals surface area contributed by atoms with Gasteiger partial charge >= 0.3 is 0 Å². The van der Waals surface area contributed by atoms with Crippen molar-refractivity contribution in [3.05, 3.63) is 75.5 Å². The molecule has 0 atom stereocenters. The van der Waals surface area contributed by atoms with Gasteiger partial charge in [0.05, 0.1) is 17.2 Å². The van der Waals surface area contributed by atoms with Gasteiger partial charge in [0, 0.05) is 11.6 Å². The Hall–Kier alpha value is -2.73. The highest BCUT2D eigenvalue weighted by Gasteiger charge is 2.08. The number of nitrogens with one attached hydrogen (secondary N) is 1. The number of amides is 1. The second-order valence-corrected chi connectivity index (χ2v) is 6.00. The van der Waals surface area contributed by atoms with Gasteiger partial charge in [-0.1, -0.05) is 23.7 Å². The second-order valence-electron chi connectivity index (χ2n) is 5.57. The van der Waals surface area contributed by atoms with Crippen LogP contribution >= 0.6 is 11.6 Å². The summed E-state index contributed by atoms with van der Waals surface area (Å²) < 4.78 is 14.1. The topological polar surface area (TPSA) is 64.0 Å². The third-order valence-corrected chi connectivity index (χ3v) is 3.98. The van der Waals surface area contributed by atoms with E-state index in [1.165, 1.54) is 29.1 Å². The van der Waals surface area contributed by atoms with E-state index in [4.69, 9.17) is 11.6 Å². The van der Waals surface area contributed by atoms with Gasteiger partial charge in [0.2, 0.25) is 5.91 Å². The lowest BCUT2D eigenvalue weighted by molar-refractivity contribution is -0.121. The first kappa shape index (κ1) is 17.1. The smallest absolute Gasteiger partial charge is 0.261 e. The third-order valence-electron chi connectivity index (χ3n) is 3.75. The number of nitrogens with zero attached hydrogens (tertiary/aromatic N) is 2. The average molecular weight is 360 g/mol. The van der Waals surface area contributed by atoms with Crippen LogP contribution in [-0.2, 0) is 17.8 Å². The molecule has 25 heavy (non-hydrogen) atoms. The van der Waals surface area contributed by atoms with Gasteiger partial charge in [0.25, 0.3) is 5.56 Å². The molecule has 0 radical (unpaired) electrons. The van der Waals surface area contributed by atoms with Gasteiger partial charge in [-0.05, 0) is 42.3 Å². The molecule has 128 valence electrons. The first-order valence-corrected chi connectivity index (χ1v) is 8.06. The molecule has 0 saturated carbocycles. The highest BCUT2D eigenvalue weighted by Crippen LogP contribution is 2.13. The molecule has 7 heteroatoms. The number of rotatable bonds is 5. The van der Waals surface area contributed by atoms with E-state index in [1.54, 1.807) is 24.3 Å². The SMILES string of the molecule is O=C(Cn1cnc2ccc(Cl)cc2c1=O)NCCc1ccc(F)cc1. The molecular weight excluding hydrogens is 345 g/mol. The Morgan fingerprint density at radius 1 is 1.20 bits per heavy atom. The van der Waals surface area contributed by atoms with Crippen LogP contribution in [0.3, 0.4) is 0 Å². The molecule has 1 aromatic heterocycles. The third kappa shape index (κ3) is 4.22. The molecular formula is C18H15ClFN3O2. The Bertz CT molecular complexity index is 970. The van der Waals surface area contributed by atoms with Crippen LogP contribution < -0.4 is 10.9 Å². The molecule has 0 saturated heterocycles. The zero-order chi connectivity index (χ0) is 17.8. The van der Waals surface area contributed by atoms with Gasteiger partial charge in [-0.25, -0.2) is 9.37 Å². The van der Waals surface area contributed by atoms with E-state index in [0.717, 1.165) is 5.56 Å². The van der Waals surface area contributed by atoms with Gasteiger partial charge in [0.1, 0.15) is 12.4 Å². The fourth-order valence-corrected chi connectivity index (χ4v) is 2.62. The summed E-state index contributed by atoms with van der Waals surface area (Å²) in [5.74, 6) is -0.594. The van der Waals surface area contributed by atoms with E-state index < -0.39 is 0 Å². The summed E-state index contributed by atoms with van der Waals surface area (Å²) in [6.45, 7) is 0.268. The van der Waals surface area contributed by atoms with Crippen molar-refractivity contribution in [2.75, 3.05) is 6.54 Å². The van der Waals surface area contributed by atoms with E-state index in [0.29, 0.717) is 28.9 Å². The summed E-state index contributed by atoms with van der Waals surface area (Å²) in [5.41, 5.74) is 1.13. The molecule has 3 rings (SSSR count). The average Bonchev–Trinajstić information content (AvgIpc) is 2.60. The number of carbonyl (C=O) groups is 1. The fourth-order valence-electron chi connectivity index (χ4n) is 2.45. The molecule has 5 nitrogen and oxygen atoms in total. The Morgan fingerprint density at radius 3 is 2.72 bits per heavy atom. The number of carbonyl (C=O) groups excluding carboxylic acids is 1. The lowest BCUT2D eigenvalue weighted by Crippen LogP contribution is -2.33.